The van der Waals surface area contributed by atoms with Crippen molar-refractivity contribution in [3.63, 3.8) is 0 Å². The number of rotatable bonds is 20. The average Bonchev–Trinajstić information content (AvgIpc) is 2.86. The van der Waals surface area contributed by atoms with E-state index in [4.69, 9.17) is 18.5 Å². The quantitative estimate of drug-likeness (QED) is 0.0891. The van der Waals surface area contributed by atoms with E-state index in [2.05, 4.69) is 27.0 Å². The van der Waals surface area contributed by atoms with Gasteiger partial charge in [-0.2, -0.15) is 0 Å². The summed E-state index contributed by atoms with van der Waals surface area (Å²) >= 11 is 0. The Bertz CT molecular complexity index is 795. The summed E-state index contributed by atoms with van der Waals surface area (Å²) in [4.78, 5) is 22.1. The van der Waals surface area contributed by atoms with Gasteiger partial charge in [0.15, 0.2) is 0 Å². The van der Waals surface area contributed by atoms with E-state index in [9.17, 15) is 14.2 Å². The molecule has 0 heterocycles. The van der Waals surface area contributed by atoms with Crippen LogP contribution in [0.4, 0.5) is 0 Å². The highest BCUT2D eigenvalue weighted by Gasteiger charge is 2.30. The summed E-state index contributed by atoms with van der Waals surface area (Å²) in [6, 6.07) is 7.59. The zero-order valence-electron chi connectivity index (χ0n) is 21.2. The van der Waals surface area contributed by atoms with E-state index in [0.29, 0.717) is 31.7 Å². The molecular weight excluding hydrogens is 467 g/mol. The lowest BCUT2D eigenvalue weighted by Gasteiger charge is -2.22. The predicted octanol–water partition coefficient (Wildman–Crippen LogP) is 6.24. The first-order valence-electron chi connectivity index (χ1n) is 12.4. The van der Waals surface area contributed by atoms with Crippen LogP contribution in [0.1, 0.15) is 76.7 Å². The van der Waals surface area contributed by atoms with Crippen molar-refractivity contribution in [3.8, 4) is 0 Å². The second-order valence-electron chi connectivity index (χ2n) is 8.45. The Hall–Kier alpha value is -2.21. The fourth-order valence-electron chi connectivity index (χ4n) is 3.35. The van der Waals surface area contributed by atoms with Gasteiger partial charge in [-0.15, -0.1) is 0 Å². The van der Waals surface area contributed by atoms with E-state index in [1.54, 1.807) is 0 Å². The van der Waals surface area contributed by atoms with Crippen LogP contribution >= 0.6 is 7.60 Å². The lowest BCUT2D eigenvalue weighted by molar-refractivity contribution is -0.138. The van der Waals surface area contributed by atoms with Crippen LogP contribution in [0.5, 0.6) is 0 Å². The Kier molecular flexibility index (Phi) is 16.0. The van der Waals surface area contributed by atoms with Crippen molar-refractivity contribution in [1.29, 1.82) is 0 Å². The molecular formula is C27H41O7P. The Labute approximate surface area is 210 Å². The Morgan fingerprint density at radius 1 is 0.771 bits per heavy atom. The van der Waals surface area contributed by atoms with Crippen molar-refractivity contribution in [2.45, 2.75) is 71.1 Å². The second kappa shape index (κ2) is 18.1. The molecule has 8 heteroatoms. The molecule has 1 aromatic carbocycles. The maximum atomic E-state index is 13.8. The van der Waals surface area contributed by atoms with E-state index in [-0.39, 0.29) is 5.92 Å². The Balaban J connectivity index is 2.53. The molecule has 0 aliphatic rings. The molecule has 0 unspecified atom stereocenters. The van der Waals surface area contributed by atoms with Crippen molar-refractivity contribution in [2.75, 3.05) is 26.4 Å². The predicted molar refractivity (Wildman–Crippen MR) is 139 cm³/mol. The highest BCUT2D eigenvalue weighted by molar-refractivity contribution is 7.62. The molecule has 0 aliphatic heterocycles. The van der Waals surface area contributed by atoms with Crippen LogP contribution in [0.2, 0.25) is 0 Å². The molecule has 0 radical (unpaired) electrons. The molecule has 0 atom stereocenters. The van der Waals surface area contributed by atoms with Crippen LogP contribution in [0.15, 0.2) is 49.6 Å². The number of carbonyl (C=O) groups is 2. The van der Waals surface area contributed by atoms with Crippen molar-refractivity contribution < 1.29 is 32.7 Å². The standard InChI is InChI=1S/C27H41O7P/c1-5-26(28)31-19-13-7-9-15-21-33-35(30,25-18-12-11-17-24(25)23(3)4)34-22-16-10-8-14-20-32-27(29)6-2/h5-6,11-12,17-18,23H,1-2,7-10,13-16,19-22H2,3-4H3. The Morgan fingerprint density at radius 2 is 1.20 bits per heavy atom. The molecule has 0 amide bonds. The van der Waals surface area contributed by atoms with E-state index >= 15 is 0 Å². The van der Waals surface area contributed by atoms with Gasteiger partial charge in [-0.3, -0.25) is 4.57 Å². The van der Waals surface area contributed by atoms with Gasteiger partial charge in [0.2, 0.25) is 0 Å². The second-order valence-corrected chi connectivity index (χ2v) is 10.4. The minimum absolute atomic E-state index is 0.184. The van der Waals surface area contributed by atoms with Gasteiger partial charge in [0, 0.05) is 12.2 Å². The molecule has 0 aromatic heterocycles. The summed E-state index contributed by atoms with van der Waals surface area (Å²) in [6.07, 6.45) is 8.79. The molecule has 196 valence electrons. The first-order valence-corrected chi connectivity index (χ1v) is 13.9. The summed E-state index contributed by atoms with van der Waals surface area (Å²) in [5.41, 5.74) is 0.962. The fourth-order valence-corrected chi connectivity index (χ4v) is 5.36. The third-order valence-corrected chi connectivity index (χ3v) is 7.32. The minimum Gasteiger partial charge on any atom is -0.463 e. The molecule has 0 saturated carbocycles. The summed E-state index contributed by atoms with van der Waals surface area (Å²) in [5, 5.41) is 0.627. The van der Waals surface area contributed by atoms with Crippen LogP contribution in [-0.4, -0.2) is 38.4 Å². The van der Waals surface area contributed by atoms with E-state index in [1.807, 2.05) is 24.3 Å². The van der Waals surface area contributed by atoms with E-state index in [0.717, 1.165) is 69.1 Å². The highest BCUT2D eigenvalue weighted by atomic mass is 31.2. The lowest BCUT2D eigenvalue weighted by Crippen LogP contribution is -2.17. The van der Waals surface area contributed by atoms with E-state index in [1.165, 1.54) is 0 Å². The van der Waals surface area contributed by atoms with Crippen LogP contribution < -0.4 is 5.30 Å². The van der Waals surface area contributed by atoms with Gasteiger partial charge >= 0.3 is 19.5 Å². The van der Waals surface area contributed by atoms with Crippen molar-refractivity contribution >= 4 is 24.8 Å². The number of hydrogen-bond acceptors (Lipinski definition) is 7. The van der Waals surface area contributed by atoms with Crippen molar-refractivity contribution in [1.82, 2.24) is 0 Å². The molecule has 0 fully saturated rings. The molecule has 0 saturated heterocycles. The number of carbonyl (C=O) groups excluding carboxylic acids is 2. The largest absolute Gasteiger partial charge is 0.463 e. The molecule has 0 bridgehead atoms. The number of ether oxygens (including phenoxy) is 2. The van der Waals surface area contributed by atoms with Crippen LogP contribution in [0, 0.1) is 0 Å². The van der Waals surface area contributed by atoms with Crippen LogP contribution in [0.3, 0.4) is 0 Å². The highest BCUT2D eigenvalue weighted by Crippen LogP contribution is 2.49. The van der Waals surface area contributed by atoms with Crippen LogP contribution in [-0.2, 0) is 32.7 Å². The SMILES string of the molecule is C=CC(=O)OCCCCCCOP(=O)(OCCCCCCOC(=O)C=C)c1ccccc1C(C)C. The Morgan fingerprint density at radius 3 is 1.63 bits per heavy atom. The number of benzene rings is 1. The zero-order chi connectivity index (χ0) is 25.9. The number of esters is 2. The maximum Gasteiger partial charge on any atom is 0.361 e. The molecule has 1 rings (SSSR count). The van der Waals surface area contributed by atoms with Gasteiger partial charge < -0.3 is 18.5 Å². The molecule has 0 N–H and O–H groups in total. The van der Waals surface area contributed by atoms with Gasteiger partial charge in [-0.05, 0) is 56.1 Å². The fraction of sp³-hybridized carbons (Fsp3) is 0.556. The summed E-state index contributed by atoms with van der Waals surface area (Å²) in [5.74, 6) is -0.638. The van der Waals surface area contributed by atoms with Gasteiger partial charge in [-0.1, -0.05) is 58.0 Å². The smallest absolute Gasteiger partial charge is 0.361 e. The third-order valence-electron chi connectivity index (χ3n) is 5.28. The van der Waals surface area contributed by atoms with Gasteiger partial charge in [-0.25, -0.2) is 9.59 Å². The van der Waals surface area contributed by atoms with Gasteiger partial charge in [0.1, 0.15) is 0 Å². The molecule has 1 aromatic rings. The van der Waals surface area contributed by atoms with Gasteiger partial charge in [0.25, 0.3) is 0 Å². The molecule has 0 spiro atoms. The summed E-state index contributed by atoms with van der Waals surface area (Å²) in [6.45, 7) is 12.2. The monoisotopic (exact) mass is 508 g/mol. The normalized spacial score (nSPS) is 11.3. The molecule has 0 aliphatic carbocycles. The molecule has 35 heavy (non-hydrogen) atoms. The van der Waals surface area contributed by atoms with E-state index < -0.39 is 19.5 Å². The van der Waals surface area contributed by atoms with Gasteiger partial charge in [0.05, 0.1) is 31.7 Å². The minimum atomic E-state index is -3.48. The topological polar surface area (TPSA) is 88.1 Å². The number of hydrogen-bond donors (Lipinski definition) is 0. The summed E-state index contributed by atoms with van der Waals surface area (Å²) < 4.78 is 35.6. The average molecular weight is 509 g/mol. The van der Waals surface area contributed by atoms with Crippen molar-refractivity contribution in [3.05, 3.63) is 55.1 Å². The molecule has 7 nitrogen and oxygen atoms in total. The zero-order valence-corrected chi connectivity index (χ0v) is 22.1. The first-order chi connectivity index (χ1) is 16.8. The summed E-state index contributed by atoms with van der Waals surface area (Å²) in [7, 11) is -3.48. The first kappa shape index (κ1) is 30.8. The lowest BCUT2D eigenvalue weighted by atomic mass is 10.0. The number of unbranched alkanes of at least 4 members (excludes halogenated alkanes) is 6. The maximum absolute atomic E-state index is 13.8. The third kappa shape index (κ3) is 12.9. The van der Waals surface area contributed by atoms with Crippen molar-refractivity contribution in [2.24, 2.45) is 0 Å². The van der Waals surface area contributed by atoms with Crippen LogP contribution in [0.25, 0.3) is 0 Å².